The summed E-state index contributed by atoms with van der Waals surface area (Å²) in [5, 5.41) is 9.20. The van der Waals surface area contributed by atoms with E-state index in [4.69, 9.17) is 4.74 Å². The molecule has 1 N–H and O–H groups in total. The molecule has 0 saturated carbocycles. The minimum Gasteiger partial charge on any atom is -0.394 e. The molecule has 1 aromatic heterocycles. The number of aromatic nitrogens is 1. The zero-order valence-electron chi connectivity index (χ0n) is 9.17. The van der Waals surface area contributed by atoms with E-state index in [1.54, 1.807) is 17.0 Å². The van der Waals surface area contributed by atoms with Crippen LogP contribution in [0, 0.1) is 0 Å². The highest BCUT2D eigenvalue weighted by molar-refractivity contribution is 9.10. The maximum atomic E-state index is 12.2. The van der Waals surface area contributed by atoms with E-state index in [0.717, 1.165) is 0 Å². The summed E-state index contributed by atoms with van der Waals surface area (Å²) in [5.41, 5.74) is 0.522. The summed E-state index contributed by atoms with van der Waals surface area (Å²) in [6.45, 7) is 1.30. The molecule has 1 aliphatic rings. The lowest BCUT2D eigenvalue weighted by Crippen LogP contribution is -2.50. The Morgan fingerprint density at radius 3 is 3.12 bits per heavy atom. The maximum absolute atomic E-state index is 12.2. The number of pyridine rings is 1. The molecule has 1 saturated heterocycles. The summed E-state index contributed by atoms with van der Waals surface area (Å²) in [4.78, 5) is 17.8. The molecule has 5 nitrogen and oxygen atoms in total. The van der Waals surface area contributed by atoms with E-state index in [1.165, 1.54) is 6.20 Å². The number of ether oxygens (including phenoxy) is 1. The third-order valence-electron chi connectivity index (χ3n) is 2.67. The Morgan fingerprint density at radius 1 is 1.65 bits per heavy atom. The number of aliphatic hydroxyl groups excluding tert-OH is 1. The maximum Gasteiger partial charge on any atom is 0.255 e. The van der Waals surface area contributed by atoms with E-state index in [1.807, 2.05) is 0 Å². The molecule has 0 bridgehead atoms. The molecular weight excluding hydrogens is 288 g/mol. The molecule has 1 aliphatic heterocycles. The van der Waals surface area contributed by atoms with Gasteiger partial charge in [0.25, 0.3) is 5.91 Å². The topological polar surface area (TPSA) is 62.7 Å². The zero-order valence-corrected chi connectivity index (χ0v) is 10.8. The highest BCUT2D eigenvalue weighted by atomic mass is 79.9. The lowest BCUT2D eigenvalue weighted by molar-refractivity contribution is -0.0184. The Bertz CT molecular complexity index is 396. The average Bonchev–Trinajstić information content (AvgIpc) is 2.39. The quantitative estimate of drug-likeness (QED) is 0.816. The van der Waals surface area contributed by atoms with Crippen molar-refractivity contribution in [1.29, 1.82) is 0 Å². The van der Waals surface area contributed by atoms with Gasteiger partial charge in [-0.1, -0.05) is 0 Å². The van der Waals surface area contributed by atoms with Crippen LogP contribution in [0.1, 0.15) is 10.4 Å². The normalized spacial score (nSPS) is 20.4. The molecule has 2 heterocycles. The highest BCUT2D eigenvalue weighted by Crippen LogP contribution is 2.13. The van der Waals surface area contributed by atoms with E-state index in [9.17, 15) is 9.90 Å². The first-order valence-corrected chi connectivity index (χ1v) is 6.13. The molecular formula is C11H13BrN2O3. The summed E-state index contributed by atoms with van der Waals surface area (Å²) < 4.78 is 5.92. The minimum atomic E-state index is -0.264. The van der Waals surface area contributed by atoms with Gasteiger partial charge in [-0.15, -0.1) is 0 Å². The first-order valence-electron chi connectivity index (χ1n) is 5.33. The number of rotatable bonds is 2. The van der Waals surface area contributed by atoms with Gasteiger partial charge in [0.2, 0.25) is 0 Å². The van der Waals surface area contributed by atoms with Crippen LogP contribution in [0.25, 0.3) is 0 Å². The van der Waals surface area contributed by atoms with Crippen LogP contribution in [-0.2, 0) is 4.74 Å². The van der Waals surface area contributed by atoms with E-state index >= 15 is 0 Å². The second kappa shape index (κ2) is 5.57. The smallest absolute Gasteiger partial charge is 0.255 e. The number of amides is 1. The SMILES string of the molecule is O=C(c1ccc(Br)nc1)N1CCOCC1CO. The first-order chi connectivity index (χ1) is 8.22. The van der Waals surface area contributed by atoms with E-state index in [0.29, 0.717) is 29.9 Å². The number of hydrogen-bond acceptors (Lipinski definition) is 4. The molecule has 1 unspecified atom stereocenters. The second-order valence-corrected chi connectivity index (χ2v) is 4.59. The van der Waals surface area contributed by atoms with Gasteiger partial charge in [-0.3, -0.25) is 4.79 Å². The van der Waals surface area contributed by atoms with Crippen molar-refractivity contribution in [2.24, 2.45) is 0 Å². The average molecular weight is 301 g/mol. The molecule has 1 amide bonds. The molecule has 1 atom stereocenters. The Labute approximate surface area is 108 Å². The molecule has 6 heteroatoms. The van der Waals surface area contributed by atoms with E-state index in [-0.39, 0.29) is 18.6 Å². The lowest BCUT2D eigenvalue weighted by Gasteiger charge is -2.34. The van der Waals surface area contributed by atoms with Crippen LogP contribution in [-0.4, -0.2) is 53.3 Å². The standard InChI is InChI=1S/C11H13BrN2O3/c12-10-2-1-8(5-13-10)11(16)14-3-4-17-7-9(14)6-15/h1-2,5,9,15H,3-4,6-7H2. The van der Waals surface area contributed by atoms with Gasteiger partial charge in [0.1, 0.15) is 4.60 Å². The van der Waals surface area contributed by atoms with Gasteiger partial charge in [0.15, 0.2) is 0 Å². The number of carbonyl (C=O) groups is 1. The van der Waals surface area contributed by atoms with Gasteiger partial charge in [-0.25, -0.2) is 4.98 Å². The second-order valence-electron chi connectivity index (χ2n) is 3.78. The number of hydrogen-bond donors (Lipinski definition) is 1. The van der Waals surface area contributed by atoms with E-state index < -0.39 is 0 Å². The molecule has 1 fully saturated rings. The van der Waals surface area contributed by atoms with Gasteiger partial charge in [0.05, 0.1) is 31.4 Å². The van der Waals surface area contributed by atoms with Crippen LogP contribution < -0.4 is 0 Å². The van der Waals surface area contributed by atoms with Crippen LogP contribution in [0.3, 0.4) is 0 Å². The zero-order chi connectivity index (χ0) is 12.3. The number of carbonyl (C=O) groups excluding carboxylic acids is 1. The van der Waals surface area contributed by atoms with Crippen molar-refractivity contribution in [1.82, 2.24) is 9.88 Å². The Kier molecular flexibility index (Phi) is 4.09. The van der Waals surface area contributed by atoms with Crippen LogP contribution in [0.5, 0.6) is 0 Å². The van der Waals surface area contributed by atoms with Crippen molar-refractivity contribution < 1.29 is 14.6 Å². The molecule has 1 aromatic rings. The minimum absolute atomic E-state index is 0.0876. The van der Waals surface area contributed by atoms with Crippen molar-refractivity contribution in [2.45, 2.75) is 6.04 Å². The summed E-state index contributed by atoms with van der Waals surface area (Å²) in [6, 6.07) is 3.17. The molecule has 17 heavy (non-hydrogen) atoms. The van der Waals surface area contributed by atoms with Gasteiger partial charge in [-0.2, -0.15) is 0 Å². The highest BCUT2D eigenvalue weighted by Gasteiger charge is 2.27. The van der Waals surface area contributed by atoms with Crippen LogP contribution >= 0.6 is 15.9 Å². The Balaban J connectivity index is 2.15. The fraction of sp³-hybridized carbons (Fsp3) is 0.455. The van der Waals surface area contributed by atoms with Crippen molar-refractivity contribution >= 4 is 21.8 Å². The Hall–Kier alpha value is -0.980. The fourth-order valence-corrected chi connectivity index (χ4v) is 1.98. The summed E-state index contributed by atoms with van der Waals surface area (Å²) in [7, 11) is 0. The number of halogens is 1. The van der Waals surface area contributed by atoms with Crippen LogP contribution in [0.4, 0.5) is 0 Å². The molecule has 0 aliphatic carbocycles. The number of aliphatic hydroxyl groups is 1. The predicted molar refractivity (Wildman–Crippen MR) is 64.7 cm³/mol. The largest absolute Gasteiger partial charge is 0.394 e. The van der Waals surface area contributed by atoms with Crippen molar-refractivity contribution in [2.75, 3.05) is 26.4 Å². The van der Waals surface area contributed by atoms with Gasteiger partial charge in [-0.05, 0) is 28.1 Å². The van der Waals surface area contributed by atoms with Crippen LogP contribution in [0.2, 0.25) is 0 Å². The van der Waals surface area contributed by atoms with Crippen molar-refractivity contribution in [3.8, 4) is 0 Å². The van der Waals surface area contributed by atoms with E-state index in [2.05, 4.69) is 20.9 Å². The summed E-state index contributed by atoms with van der Waals surface area (Å²) >= 11 is 3.22. The molecule has 92 valence electrons. The third-order valence-corrected chi connectivity index (χ3v) is 3.14. The molecule has 0 radical (unpaired) electrons. The van der Waals surface area contributed by atoms with Crippen LogP contribution in [0.15, 0.2) is 22.9 Å². The fourth-order valence-electron chi connectivity index (χ4n) is 1.74. The molecule has 0 aromatic carbocycles. The number of morpholine rings is 1. The predicted octanol–water partition coefficient (Wildman–Crippen LogP) is 0.677. The van der Waals surface area contributed by atoms with Gasteiger partial charge < -0.3 is 14.7 Å². The van der Waals surface area contributed by atoms with Crippen molar-refractivity contribution in [3.05, 3.63) is 28.5 Å². The number of nitrogens with zero attached hydrogens (tertiary/aromatic N) is 2. The first kappa shape index (κ1) is 12.5. The van der Waals surface area contributed by atoms with Crippen molar-refractivity contribution in [3.63, 3.8) is 0 Å². The lowest BCUT2D eigenvalue weighted by atomic mass is 10.2. The molecule has 2 rings (SSSR count). The van der Waals surface area contributed by atoms with Gasteiger partial charge >= 0.3 is 0 Å². The monoisotopic (exact) mass is 300 g/mol. The third kappa shape index (κ3) is 2.83. The Morgan fingerprint density at radius 2 is 2.47 bits per heavy atom. The summed E-state index contributed by atoms with van der Waals surface area (Å²) in [6.07, 6.45) is 1.52. The van der Waals surface area contributed by atoms with Gasteiger partial charge in [0, 0.05) is 12.7 Å². The summed E-state index contributed by atoms with van der Waals surface area (Å²) in [5.74, 6) is -0.118. The molecule has 0 spiro atoms.